The number of nitrogens with zero attached hydrogens (tertiary/aromatic N) is 3. The number of aromatic amines is 1. The number of hydrogen-bond acceptors (Lipinski definition) is 9. The molecule has 12 heteroatoms. The van der Waals surface area contributed by atoms with Crippen LogP contribution in [-0.2, 0) is 4.74 Å². The van der Waals surface area contributed by atoms with E-state index >= 15 is 0 Å². The predicted octanol–water partition coefficient (Wildman–Crippen LogP) is 3.13. The summed E-state index contributed by atoms with van der Waals surface area (Å²) in [6, 6.07) is 6.77. The maximum atomic E-state index is 13.1. The van der Waals surface area contributed by atoms with E-state index in [1.807, 2.05) is 26.0 Å². The molecule has 0 bridgehead atoms. The van der Waals surface area contributed by atoms with Gasteiger partial charge in [0.25, 0.3) is 5.91 Å². The number of amides is 2. The largest absolute Gasteiger partial charge is 0.453 e. The van der Waals surface area contributed by atoms with Crippen molar-refractivity contribution in [1.29, 1.82) is 0 Å². The third-order valence-electron chi connectivity index (χ3n) is 5.67. The maximum Gasteiger partial charge on any atom is 0.411 e. The number of carbonyl (C=O) groups excluding carboxylic acids is 2. The Labute approximate surface area is 201 Å². The first-order valence-electron chi connectivity index (χ1n) is 11.2. The fourth-order valence-electron chi connectivity index (χ4n) is 3.79. The Bertz CT molecular complexity index is 1230. The molecule has 2 heterocycles. The number of ether oxygens (including phenoxy) is 1. The molecule has 0 radical (unpaired) electrons. The Morgan fingerprint density at radius 1 is 1.14 bits per heavy atom. The zero-order valence-electron chi connectivity index (χ0n) is 19.7. The topological polar surface area (TPSA) is 166 Å². The van der Waals surface area contributed by atoms with Crippen LogP contribution in [-0.4, -0.2) is 56.5 Å². The number of nitrogens with one attached hydrogen (secondary N) is 5. The molecule has 1 aliphatic rings. The lowest BCUT2D eigenvalue weighted by atomic mass is 10.1. The van der Waals surface area contributed by atoms with Crippen molar-refractivity contribution in [3.05, 3.63) is 47.4 Å². The number of aliphatic hydroxyl groups is 1. The summed E-state index contributed by atoms with van der Waals surface area (Å²) in [7, 11) is 1.29. The standard InChI is InChI=1S/C23H28N8O4/c1-12-7-8-14(10-16(12)27-23(34)35-3)25-21-20(22(33)26-15-5-4-6-17(15)32)24-11-19(29-21)28-18-9-13(2)30-31-18/h7-11,15,17,32H,4-6H2,1-3H3,(H,26,33)(H,27,34)(H3,25,28,29,30,31)/t15-,17+/m1/s1. The van der Waals surface area contributed by atoms with Crippen molar-refractivity contribution in [3.63, 3.8) is 0 Å². The van der Waals surface area contributed by atoms with Crippen LogP contribution in [0.5, 0.6) is 0 Å². The fraction of sp³-hybridized carbons (Fsp3) is 0.348. The van der Waals surface area contributed by atoms with Crippen LogP contribution in [0, 0.1) is 13.8 Å². The van der Waals surface area contributed by atoms with Crippen LogP contribution in [0.4, 0.5) is 33.6 Å². The monoisotopic (exact) mass is 480 g/mol. The molecule has 1 aromatic carbocycles. The number of aromatic nitrogens is 4. The summed E-state index contributed by atoms with van der Waals surface area (Å²) in [4.78, 5) is 33.6. The van der Waals surface area contributed by atoms with Gasteiger partial charge in [-0.3, -0.25) is 15.2 Å². The lowest BCUT2D eigenvalue weighted by molar-refractivity contribution is 0.0869. The molecular weight excluding hydrogens is 452 g/mol. The van der Waals surface area contributed by atoms with Crippen molar-refractivity contribution in [1.82, 2.24) is 25.5 Å². The molecule has 2 atom stereocenters. The third kappa shape index (κ3) is 5.84. The second-order valence-corrected chi connectivity index (χ2v) is 8.36. The van der Waals surface area contributed by atoms with Crippen LogP contribution in [0.25, 0.3) is 0 Å². The van der Waals surface area contributed by atoms with E-state index in [9.17, 15) is 14.7 Å². The van der Waals surface area contributed by atoms with Crippen LogP contribution in [0.15, 0.2) is 30.5 Å². The van der Waals surface area contributed by atoms with E-state index in [1.54, 1.807) is 12.1 Å². The minimum Gasteiger partial charge on any atom is -0.453 e. The van der Waals surface area contributed by atoms with Gasteiger partial charge in [0.1, 0.15) is 0 Å². The molecule has 0 aliphatic heterocycles. The lowest BCUT2D eigenvalue weighted by Gasteiger charge is -2.18. The van der Waals surface area contributed by atoms with Gasteiger partial charge in [0.05, 0.1) is 25.5 Å². The van der Waals surface area contributed by atoms with E-state index in [0.29, 0.717) is 35.9 Å². The van der Waals surface area contributed by atoms with E-state index in [1.165, 1.54) is 13.3 Å². The molecular formula is C23H28N8O4. The summed E-state index contributed by atoms with van der Waals surface area (Å²) >= 11 is 0. The summed E-state index contributed by atoms with van der Waals surface area (Å²) in [6.45, 7) is 3.72. The minimum atomic E-state index is -0.597. The Hall–Kier alpha value is -4.19. The molecule has 6 N–H and O–H groups in total. The highest BCUT2D eigenvalue weighted by molar-refractivity contribution is 5.98. The summed E-state index contributed by atoms with van der Waals surface area (Å²) in [5.41, 5.74) is 2.87. The SMILES string of the molecule is COC(=O)Nc1cc(Nc2nc(Nc3cc(C)[nH]n3)cnc2C(=O)N[C@@H]2CCC[C@@H]2O)ccc1C. The Balaban J connectivity index is 1.63. The van der Waals surface area contributed by atoms with Gasteiger partial charge in [0.2, 0.25) is 0 Å². The first-order chi connectivity index (χ1) is 16.8. The van der Waals surface area contributed by atoms with Gasteiger partial charge in [0.15, 0.2) is 23.1 Å². The van der Waals surface area contributed by atoms with Crippen LogP contribution < -0.4 is 21.3 Å². The number of methoxy groups -OCH3 is 1. The van der Waals surface area contributed by atoms with Crippen molar-refractivity contribution in [2.75, 3.05) is 23.1 Å². The highest BCUT2D eigenvalue weighted by atomic mass is 16.5. The summed E-state index contributed by atoms with van der Waals surface area (Å²) in [6.07, 6.45) is 2.44. The molecule has 1 fully saturated rings. The Kier molecular flexibility index (Phi) is 7.11. The lowest BCUT2D eigenvalue weighted by Crippen LogP contribution is -2.40. The average molecular weight is 481 g/mol. The van der Waals surface area contributed by atoms with Gasteiger partial charge in [0, 0.05) is 23.1 Å². The molecule has 1 saturated carbocycles. The number of anilines is 5. The molecule has 35 heavy (non-hydrogen) atoms. The fourth-order valence-corrected chi connectivity index (χ4v) is 3.79. The van der Waals surface area contributed by atoms with Gasteiger partial charge in [-0.1, -0.05) is 6.07 Å². The first-order valence-corrected chi connectivity index (χ1v) is 11.2. The molecule has 1 aliphatic carbocycles. The van der Waals surface area contributed by atoms with Crippen molar-refractivity contribution in [3.8, 4) is 0 Å². The molecule has 12 nitrogen and oxygen atoms in total. The van der Waals surface area contributed by atoms with Crippen LogP contribution in [0.2, 0.25) is 0 Å². The predicted molar refractivity (Wildman–Crippen MR) is 130 cm³/mol. The molecule has 2 aromatic heterocycles. The smallest absolute Gasteiger partial charge is 0.411 e. The number of benzene rings is 1. The summed E-state index contributed by atoms with van der Waals surface area (Å²) in [5.74, 6) is 0.665. The zero-order chi connectivity index (χ0) is 24.9. The normalized spacial score (nSPS) is 17.0. The highest BCUT2D eigenvalue weighted by Crippen LogP contribution is 2.26. The van der Waals surface area contributed by atoms with Crippen LogP contribution >= 0.6 is 0 Å². The van der Waals surface area contributed by atoms with Gasteiger partial charge in [-0.25, -0.2) is 14.8 Å². The second-order valence-electron chi connectivity index (χ2n) is 8.36. The van der Waals surface area contributed by atoms with Gasteiger partial charge in [-0.15, -0.1) is 0 Å². The van der Waals surface area contributed by atoms with Crippen molar-refractivity contribution in [2.45, 2.75) is 45.3 Å². The number of aliphatic hydroxyl groups excluding tert-OH is 1. The van der Waals surface area contributed by atoms with E-state index in [2.05, 4.69) is 46.2 Å². The number of carbonyl (C=O) groups is 2. The van der Waals surface area contributed by atoms with E-state index in [0.717, 1.165) is 17.7 Å². The van der Waals surface area contributed by atoms with Gasteiger partial charge in [-0.2, -0.15) is 5.10 Å². The molecule has 184 valence electrons. The quantitative estimate of drug-likeness (QED) is 0.298. The van der Waals surface area contributed by atoms with Crippen molar-refractivity contribution < 1.29 is 19.4 Å². The molecule has 3 aromatic rings. The maximum absolute atomic E-state index is 13.1. The van der Waals surface area contributed by atoms with Crippen molar-refractivity contribution >= 4 is 40.8 Å². The van der Waals surface area contributed by atoms with E-state index < -0.39 is 18.1 Å². The highest BCUT2D eigenvalue weighted by Gasteiger charge is 2.28. The second kappa shape index (κ2) is 10.4. The zero-order valence-corrected chi connectivity index (χ0v) is 19.7. The molecule has 0 spiro atoms. The summed E-state index contributed by atoms with van der Waals surface area (Å²) in [5, 5.41) is 28.8. The number of H-pyrrole nitrogens is 1. The van der Waals surface area contributed by atoms with E-state index in [4.69, 9.17) is 0 Å². The molecule has 4 rings (SSSR count). The van der Waals surface area contributed by atoms with Gasteiger partial charge >= 0.3 is 6.09 Å². The molecule has 0 saturated heterocycles. The summed E-state index contributed by atoms with van der Waals surface area (Å²) < 4.78 is 4.68. The van der Waals surface area contributed by atoms with Crippen LogP contribution in [0.3, 0.4) is 0 Å². The molecule has 2 amide bonds. The first kappa shape index (κ1) is 24.0. The van der Waals surface area contributed by atoms with Crippen molar-refractivity contribution in [2.24, 2.45) is 0 Å². The Morgan fingerprint density at radius 2 is 1.97 bits per heavy atom. The molecule has 0 unspecified atom stereocenters. The number of aryl methyl sites for hydroxylation is 2. The van der Waals surface area contributed by atoms with Crippen LogP contribution in [0.1, 0.15) is 41.0 Å². The number of hydrogen-bond donors (Lipinski definition) is 6. The average Bonchev–Trinajstić information content (AvgIpc) is 3.43. The van der Waals surface area contributed by atoms with E-state index in [-0.39, 0.29) is 17.6 Å². The Morgan fingerprint density at radius 3 is 2.66 bits per heavy atom. The minimum absolute atomic E-state index is 0.0657. The number of rotatable bonds is 7. The van der Waals surface area contributed by atoms with Gasteiger partial charge < -0.3 is 25.8 Å². The third-order valence-corrected chi connectivity index (χ3v) is 5.67. The van der Waals surface area contributed by atoms with Gasteiger partial charge in [-0.05, 0) is 50.8 Å².